The minimum absolute atomic E-state index is 0.225. The molecule has 0 atom stereocenters. The van der Waals surface area contributed by atoms with E-state index >= 15 is 0 Å². The third-order valence-corrected chi connectivity index (χ3v) is 3.27. The fourth-order valence-corrected chi connectivity index (χ4v) is 2.27. The van der Waals surface area contributed by atoms with Crippen LogP contribution in [0.2, 0.25) is 0 Å². The van der Waals surface area contributed by atoms with Crippen LogP contribution in [0, 0.1) is 5.82 Å². The van der Waals surface area contributed by atoms with Crippen molar-refractivity contribution in [3.8, 4) is 16.9 Å². The Morgan fingerprint density at radius 3 is 2.83 bits per heavy atom. The first-order valence-corrected chi connectivity index (χ1v) is 6.02. The zero-order valence-corrected chi connectivity index (χ0v) is 9.95. The first-order valence-electron chi connectivity index (χ1n) is 6.02. The number of nitrogens with two attached hydrogens (primary N) is 1. The Hall–Kier alpha value is -1.87. The Morgan fingerprint density at radius 1 is 1.17 bits per heavy atom. The second kappa shape index (κ2) is 4.42. The molecule has 1 aliphatic rings. The van der Waals surface area contributed by atoms with Gasteiger partial charge in [0.1, 0.15) is 11.6 Å². The summed E-state index contributed by atoms with van der Waals surface area (Å²) in [6, 6.07) is 11.0. The lowest BCUT2D eigenvalue weighted by molar-refractivity contribution is 0.357. The van der Waals surface area contributed by atoms with E-state index < -0.39 is 0 Å². The lowest BCUT2D eigenvalue weighted by atomic mass is 10.00. The molecule has 0 fully saturated rings. The molecule has 0 radical (unpaired) electrons. The second-order valence-electron chi connectivity index (χ2n) is 4.44. The van der Waals surface area contributed by atoms with E-state index in [9.17, 15) is 4.39 Å². The number of rotatable bonds is 2. The van der Waals surface area contributed by atoms with Crippen molar-refractivity contribution in [1.29, 1.82) is 0 Å². The normalized spacial score (nSPS) is 13.2. The summed E-state index contributed by atoms with van der Waals surface area (Å²) in [4.78, 5) is 0. The number of hydrogen-bond donors (Lipinski definition) is 1. The van der Waals surface area contributed by atoms with Gasteiger partial charge in [-0.05, 0) is 34.9 Å². The van der Waals surface area contributed by atoms with Crippen LogP contribution in [-0.4, -0.2) is 6.61 Å². The first kappa shape index (κ1) is 11.2. The van der Waals surface area contributed by atoms with E-state index in [1.807, 2.05) is 24.3 Å². The van der Waals surface area contributed by atoms with Crippen molar-refractivity contribution in [3.63, 3.8) is 0 Å². The molecule has 0 bridgehead atoms. The lowest BCUT2D eigenvalue weighted by Crippen LogP contribution is -1.97. The maximum absolute atomic E-state index is 14.0. The third-order valence-electron chi connectivity index (χ3n) is 3.27. The summed E-state index contributed by atoms with van der Waals surface area (Å²) in [6.07, 6.45) is 0.895. The molecule has 2 N–H and O–H groups in total. The SMILES string of the molecule is NCc1ccc(-c2ccc3c(c2)CCO3)c(F)c1. The van der Waals surface area contributed by atoms with Crippen molar-refractivity contribution in [2.45, 2.75) is 13.0 Å². The number of fused-ring (bicyclic) bond motifs is 1. The monoisotopic (exact) mass is 243 g/mol. The highest BCUT2D eigenvalue weighted by atomic mass is 19.1. The maximum atomic E-state index is 14.0. The van der Waals surface area contributed by atoms with Gasteiger partial charge < -0.3 is 10.5 Å². The van der Waals surface area contributed by atoms with Crippen molar-refractivity contribution in [3.05, 3.63) is 53.3 Å². The molecule has 1 aliphatic heterocycles. The first-order chi connectivity index (χ1) is 8.78. The van der Waals surface area contributed by atoms with Crippen LogP contribution in [0.1, 0.15) is 11.1 Å². The summed E-state index contributed by atoms with van der Waals surface area (Å²) in [7, 11) is 0. The molecule has 1 heterocycles. The number of benzene rings is 2. The highest BCUT2D eigenvalue weighted by Gasteiger charge is 2.14. The van der Waals surface area contributed by atoms with Gasteiger partial charge in [-0.3, -0.25) is 0 Å². The van der Waals surface area contributed by atoms with Gasteiger partial charge in [0.15, 0.2) is 0 Å². The fraction of sp³-hybridized carbons (Fsp3) is 0.200. The van der Waals surface area contributed by atoms with Crippen LogP contribution in [0.25, 0.3) is 11.1 Å². The van der Waals surface area contributed by atoms with Crippen LogP contribution in [0.5, 0.6) is 5.75 Å². The number of hydrogen-bond acceptors (Lipinski definition) is 2. The van der Waals surface area contributed by atoms with Crippen LogP contribution >= 0.6 is 0 Å². The highest BCUT2D eigenvalue weighted by Crippen LogP contribution is 2.31. The van der Waals surface area contributed by atoms with E-state index in [-0.39, 0.29) is 5.82 Å². The van der Waals surface area contributed by atoms with Crippen molar-refractivity contribution in [2.75, 3.05) is 6.61 Å². The standard InChI is InChI=1S/C15H14FNO/c16-14-7-10(9-17)1-3-13(14)11-2-4-15-12(8-11)5-6-18-15/h1-4,7-8H,5-6,9,17H2. The van der Waals surface area contributed by atoms with Crippen molar-refractivity contribution in [1.82, 2.24) is 0 Å². The maximum Gasteiger partial charge on any atom is 0.131 e. The molecule has 0 saturated carbocycles. The largest absolute Gasteiger partial charge is 0.493 e. The minimum Gasteiger partial charge on any atom is -0.493 e. The molecule has 2 nitrogen and oxygen atoms in total. The summed E-state index contributed by atoms with van der Waals surface area (Å²) < 4.78 is 19.4. The summed E-state index contributed by atoms with van der Waals surface area (Å²) in [6.45, 7) is 1.07. The second-order valence-corrected chi connectivity index (χ2v) is 4.44. The predicted molar refractivity (Wildman–Crippen MR) is 68.9 cm³/mol. The van der Waals surface area contributed by atoms with Gasteiger partial charge in [0.2, 0.25) is 0 Å². The molecule has 3 heteroatoms. The van der Waals surface area contributed by atoms with Gasteiger partial charge in [0, 0.05) is 18.5 Å². The molecule has 92 valence electrons. The van der Waals surface area contributed by atoms with Gasteiger partial charge in [0.25, 0.3) is 0 Å². The van der Waals surface area contributed by atoms with Gasteiger partial charge >= 0.3 is 0 Å². The molecular weight excluding hydrogens is 229 g/mol. The van der Waals surface area contributed by atoms with E-state index in [1.165, 1.54) is 6.07 Å². The average Bonchev–Trinajstić information content (AvgIpc) is 2.85. The Labute approximate surface area is 105 Å². The van der Waals surface area contributed by atoms with Crippen LogP contribution in [0.15, 0.2) is 36.4 Å². The summed E-state index contributed by atoms with van der Waals surface area (Å²) in [5.74, 6) is 0.689. The van der Waals surface area contributed by atoms with Gasteiger partial charge in [-0.25, -0.2) is 4.39 Å². The highest BCUT2D eigenvalue weighted by molar-refractivity contribution is 5.67. The molecule has 0 aromatic heterocycles. The summed E-state index contributed by atoms with van der Waals surface area (Å²) in [5.41, 5.74) is 8.95. The lowest BCUT2D eigenvalue weighted by Gasteiger charge is -2.07. The van der Waals surface area contributed by atoms with Crippen LogP contribution in [0.4, 0.5) is 4.39 Å². The zero-order valence-electron chi connectivity index (χ0n) is 9.95. The Bertz CT molecular complexity index is 595. The van der Waals surface area contributed by atoms with Crippen LogP contribution in [-0.2, 0) is 13.0 Å². The smallest absolute Gasteiger partial charge is 0.131 e. The van der Waals surface area contributed by atoms with Crippen molar-refractivity contribution >= 4 is 0 Å². The quantitative estimate of drug-likeness (QED) is 0.880. The molecule has 2 aromatic carbocycles. The average molecular weight is 243 g/mol. The van der Waals surface area contributed by atoms with Gasteiger partial charge in [-0.1, -0.05) is 18.2 Å². The molecule has 0 unspecified atom stereocenters. The van der Waals surface area contributed by atoms with E-state index in [0.717, 1.165) is 28.9 Å². The van der Waals surface area contributed by atoms with E-state index in [2.05, 4.69) is 0 Å². The summed E-state index contributed by atoms with van der Waals surface area (Å²) >= 11 is 0. The predicted octanol–water partition coefficient (Wildman–Crippen LogP) is 2.89. The van der Waals surface area contributed by atoms with Crippen LogP contribution < -0.4 is 10.5 Å². The number of ether oxygens (including phenoxy) is 1. The molecule has 2 aromatic rings. The molecule has 0 saturated heterocycles. The Morgan fingerprint density at radius 2 is 2.06 bits per heavy atom. The van der Waals surface area contributed by atoms with Gasteiger partial charge in [0.05, 0.1) is 6.61 Å². The van der Waals surface area contributed by atoms with Crippen LogP contribution in [0.3, 0.4) is 0 Å². The Balaban J connectivity index is 2.04. The molecular formula is C15H14FNO. The van der Waals surface area contributed by atoms with E-state index in [1.54, 1.807) is 6.07 Å². The van der Waals surface area contributed by atoms with Crippen molar-refractivity contribution in [2.24, 2.45) is 5.73 Å². The Kier molecular flexibility index (Phi) is 2.76. The molecule has 0 amide bonds. The van der Waals surface area contributed by atoms with Gasteiger partial charge in [-0.2, -0.15) is 0 Å². The summed E-state index contributed by atoms with van der Waals surface area (Å²) in [5, 5.41) is 0. The fourth-order valence-electron chi connectivity index (χ4n) is 2.27. The minimum atomic E-state index is -0.225. The van der Waals surface area contributed by atoms with E-state index in [0.29, 0.717) is 18.7 Å². The molecule has 0 spiro atoms. The third kappa shape index (κ3) is 1.87. The topological polar surface area (TPSA) is 35.2 Å². The molecule has 18 heavy (non-hydrogen) atoms. The van der Waals surface area contributed by atoms with Crippen molar-refractivity contribution < 1.29 is 9.13 Å². The van der Waals surface area contributed by atoms with Gasteiger partial charge in [-0.15, -0.1) is 0 Å². The molecule has 3 rings (SSSR count). The molecule has 0 aliphatic carbocycles. The van der Waals surface area contributed by atoms with E-state index in [4.69, 9.17) is 10.5 Å². The zero-order chi connectivity index (χ0) is 12.5. The number of halogens is 1.